The molecule has 4 aromatic rings. The highest BCUT2D eigenvalue weighted by molar-refractivity contribution is 7.22. The van der Waals surface area contributed by atoms with Crippen LogP contribution in [0.4, 0.5) is 17.6 Å². The number of carbonyl (C=O) groups is 1. The zero-order valence-corrected chi connectivity index (χ0v) is 21.8. The minimum Gasteiger partial charge on any atom is -0.497 e. The quantitative estimate of drug-likeness (QED) is 0.138. The van der Waals surface area contributed by atoms with Crippen molar-refractivity contribution in [3.8, 4) is 27.7 Å². The molecule has 0 unspecified atom stereocenters. The highest BCUT2D eigenvalue weighted by atomic mass is 32.1. The van der Waals surface area contributed by atoms with Gasteiger partial charge < -0.3 is 14.2 Å². The van der Waals surface area contributed by atoms with Crippen LogP contribution in [-0.2, 0) is 15.7 Å². The van der Waals surface area contributed by atoms with Gasteiger partial charge in [0.1, 0.15) is 22.9 Å². The van der Waals surface area contributed by atoms with E-state index in [1.807, 2.05) is 0 Å². The summed E-state index contributed by atoms with van der Waals surface area (Å²) in [5.41, 5.74) is -1.20. The Labute approximate surface area is 221 Å². The zero-order chi connectivity index (χ0) is 27.7. The van der Waals surface area contributed by atoms with E-state index in [1.165, 1.54) is 13.2 Å². The summed E-state index contributed by atoms with van der Waals surface area (Å²) in [6, 6.07) is 14.4. The predicted octanol–water partition coefficient (Wildman–Crippen LogP) is 8.88. The standard InChI is InChI=1S/C29H24F4O4S/c1-28(2,3)37-25(34)14-7-17-5-9-19(10-6-17)36-26-22-13-11-20(35-4)16-24(22)38-27(26)21-12-8-18(30)15-23(21)29(31,32)33/h5-16H,1-4H3. The lowest BCUT2D eigenvalue weighted by molar-refractivity contribution is -0.148. The van der Waals surface area contributed by atoms with Crippen LogP contribution in [0.15, 0.2) is 66.7 Å². The molecular weight excluding hydrogens is 520 g/mol. The topological polar surface area (TPSA) is 44.8 Å². The van der Waals surface area contributed by atoms with Crippen molar-refractivity contribution in [3.63, 3.8) is 0 Å². The summed E-state index contributed by atoms with van der Waals surface area (Å²) in [4.78, 5) is 12.1. The van der Waals surface area contributed by atoms with Gasteiger partial charge in [0.2, 0.25) is 0 Å². The molecular formula is C29H24F4O4S. The Kier molecular flexibility index (Phi) is 7.51. The lowest BCUT2D eigenvalue weighted by Gasteiger charge is -2.17. The molecule has 38 heavy (non-hydrogen) atoms. The number of alkyl halides is 3. The molecule has 0 aliphatic rings. The van der Waals surface area contributed by atoms with Crippen molar-refractivity contribution in [2.24, 2.45) is 0 Å². The largest absolute Gasteiger partial charge is 0.497 e. The summed E-state index contributed by atoms with van der Waals surface area (Å²) in [7, 11) is 1.49. The third-order valence-electron chi connectivity index (χ3n) is 5.30. The Morgan fingerprint density at radius 3 is 2.24 bits per heavy atom. The van der Waals surface area contributed by atoms with E-state index in [2.05, 4.69) is 0 Å². The molecule has 0 radical (unpaired) electrons. The monoisotopic (exact) mass is 544 g/mol. The van der Waals surface area contributed by atoms with E-state index in [9.17, 15) is 22.4 Å². The van der Waals surface area contributed by atoms with Crippen LogP contribution < -0.4 is 9.47 Å². The SMILES string of the molecule is COc1ccc2c(Oc3ccc(C=CC(=O)OC(C)(C)C)cc3)c(-c3ccc(F)cc3C(F)(F)F)sc2c1. The number of hydrogen-bond donors (Lipinski definition) is 0. The van der Waals surface area contributed by atoms with Gasteiger partial charge in [-0.05, 0) is 80.9 Å². The first-order chi connectivity index (χ1) is 17.8. The Morgan fingerprint density at radius 2 is 1.61 bits per heavy atom. The van der Waals surface area contributed by atoms with Crippen LogP contribution in [-0.4, -0.2) is 18.7 Å². The predicted molar refractivity (Wildman–Crippen MR) is 140 cm³/mol. The van der Waals surface area contributed by atoms with E-state index in [1.54, 1.807) is 69.3 Å². The van der Waals surface area contributed by atoms with Gasteiger partial charge in [0, 0.05) is 21.7 Å². The number of benzene rings is 3. The fourth-order valence-corrected chi connectivity index (χ4v) is 4.87. The van der Waals surface area contributed by atoms with E-state index in [4.69, 9.17) is 14.2 Å². The number of fused-ring (bicyclic) bond motifs is 1. The highest BCUT2D eigenvalue weighted by Crippen LogP contribution is 2.50. The molecule has 0 fully saturated rings. The molecule has 1 aromatic heterocycles. The molecule has 0 saturated carbocycles. The molecule has 4 rings (SSSR count). The first kappa shape index (κ1) is 27.2. The maximum atomic E-state index is 13.8. The third kappa shape index (κ3) is 6.34. The van der Waals surface area contributed by atoms with Crippen molar-refractivity contribution in [2.75, 3.05) is 7.11 Å². The summed E-state index contributed by atoms with van der Waals surface area (Å²) in [6.07, 6.45) is -1.87. The summed E-state index contributed by atoms with van der Waals surface area (Å²) < 4.78 is 72.6. The van der Waals surface area contributed by atoms with E-state index >= 15 is 0 Å². The number of thiophene rings is 1. The molecule has 0 bridgehead atoms. The molecule has 0 spiro atoms. The molecule has 1 heterocycles. The summed E-state index contributed by atoms with van der Waals surface area (Å²) >= 11 is 1.09. The van der Waals surface area contributed by atoms with Gasteiger partial charge in [0.05, 0.1) is 17.6 Å². The number of hydrogen-bond acceptors (Lipinski definition) is 5. The van der Waals surface area contributed by atoms with Crippen LogP contribution in [0, 0.1) is 5.82 Å². The van der Waals surface area contributed by atoms with Crippen molar-refractivity contribution in [1.29, 1.82) is 0 Å². The first-order valence-electron chi connectivity index (χ1n) is 11.5. The van der Waals surface area contributed by atoms with Gasteiger partial charge in [0.15, 0.2) is 5.75 Å². The van der Waals surface area contributed by atoms with E-state index in [0.29, 0.717) is 33.2 Å². The highest BCUT2D eigenvalue weighted by Gasteiger charge is 2.35. The van der Waals surface area contributed by atoms with Gasteiger partial charge in [-0.1, -0.05) is 12.1 Å². The second-order valence-electron chi connectivity index (χ2n) is 9.35. The van der Waals surface area contributed by atoms with Crippen LogP contribution in [0.3, 0.4) is 0 Å². The summed E-state index contributed by atoms with van der Waals surface area (Å²) in [6.45, 7) is 5.31. The van der Waals surface area contributed by atoms with E-state index in [-0.39, 0.29) is 16.2 Å². The molecule has 198 valence electrons. The van der Waals surface area contributed by atoms with Gasteiger partial charge in [0.25, 0.3) is 0 Å². The Morgan fingerprint density at radius 1 is 0.921 bits per heavy atom. The number of methoxy groups -OCH3 is 1. The molecule has 0 N–H and O–H groups in total. The average molecular weight is 545 g/mol. The van der Waals surface area contributed by atoms with Crippen molar-refractivity contribution in [3.05, 3.63) is 83.7 Å². The summed E-state index contributed by atoms with van der Waals surface area (Å²) in [5.74, 6) is -0.356. The van der Waals surface area contributed by atoms with Crippen LogP contribution in [0.2, 0.25) is 0 Å². The molecule has 0 atom stereocenters. The molecule has 0 amide bonds. The second-order valence-corrected chi connectivity index (χ2v) is 10.4. The van der Waals surface area contributed by atoms with Crippen LogP contribution >= 0.6 is 11.3 Å². The number of halogens is 4. The fourth-order valence-electron chi connectivity index (χ4n) is 3.67. The Balaban J connectivity index is 1.73. The normalized spacial score (nSPS) is 12.2. The van der Waals surface area contributed by atoms with Crippen LogP contribution in [0.25, 0.3) is 26.6 Å². The lowest BCUT2D eigenvalue weighted by atomic mass is 10.0. The number of rotatable bonds is 6. The zero-order valence-electron chi connectivity index (χ0n) is 21.0. The Bertz CT molecular complexity index is 1500. The van der Waals surface area contributed by atoms with E-state index < -0.39 is 29.1 Å². The van der Waals surface area contributed by atoms with Gasteiger partial charge in [-0.15, -0.1) is 11.3 Å². The molecule has 0 saturated heterocycles. The number of carbonyl (C=O) groups excluding carboxylic acids is 1. The van der Waals surface area contributed by atoms with Gasteiger partial charge >= 0.3 is 12.1 Å². The molecule has 0 aliphatic carbocycles. The molecule has 4 nitrogen and oxygen atoms in total. The van der Waals surface area contributed by atoms with Crippen molar-refractivity contribution < 1.29 is 36.6 Å². The first-order valence-corrected chi connectivity index (χ1v) is 12.3. The van der Waals surface area contributed by atoms with Crippen molar-refractivity contribution in [1.82, 2.24) is 0 Å². The third-order valence-corrected chi connectivity index (χ3v) is 6.47. The van der Waals surface area contributed by atoms with Crippen LogP contribution in [0.5, 0.6) is 17.2 Å². The van der Waals surface area contributed by atoms with E-state index in [0.717, 1.165) is 23.5 Å². The van der Waals surface area contributed by atoms with Gasteiger partial charge in [-0.25, -0.2) is 9.18 Å². The van der Waals surface area contributed by atoms with Crippen molar-refractivity contribution >= 4 is 33.5 Å². The molecule has 9 heteroatoms. The fraction of sp³-hybridized carbons (Fsp3) is 0.207. The lowest BCUT2D eigenvalue weighted by Crippen LogP contribution is -2.22. The number of ether oxygens (including phenoxy) is 3. The van der Waals surface area contributed by atoms with Crippen LogP contribution in [0.1, 0.15) is 31.9 Å². The number of esters is 1. The maximum Gasteiger partial charge on any atom is 0.417 e. The average Bonchev–Trinajstić information content (AvgIpc) is 3.19. The molecule has 3 aromatic carbocycles. The smallest absolute Gasteiger partial charge is 0.417 e. The van der Waals surface area contributed by atoms with Gasteiger partial charge in [-0.3, -0.25) is 0 Å². The Hall–Kier alpha value is -3.85. The van der Waals surface area contributed by atoms with Crippen molar-refractivity contribution in [2.45, 2.75) is 32.5 Å². The minimum absolute atomic E-state index is 0.189. The molecule has 0 aliphatic heterocycles. The maximum absolute atomic E-state index is 13.8. The summed E-state index contributed by atoms with van der Waals surface area (Å²) in [5, 5.41) is 0.581. The second kappa shape index (κ2) is 10.5. The minimum atomic E-state index is -4.77. The van der Waals surface area contributed by atoms with Gasteiger partial charge in [-0.2, -0.15) is 13.2 Å².